The van der Waals surface area contributed by atoms with Crippen molar-refractivity contribution < 1.29 is 18.7 Å². The maximum Gasteiger partial charge on any atom is 0.374 e. The predicted octanol–water partition coefficient (Wildman–Crippen LogP) is 1.05. The van der Waals surface area contributed by atoms with Crippen LogP contribution in [0.5, 0.6) is 0 Å². The van der Waals surface area contributed by atoms with Gasteiger partial charge in [-0.25, -0.2) is 4.79 Å². The highest BCUT2D eigenvalue weighted by atomic mass is 16.5. The van der Waals surface area contributed by atoms with Gasteiger partial charge >= 0.3 is 5.97 Å². The second kappa shape index (κ2) is 4.34. The molecule has 1 saturated heterocycles. The molecule has 2 heterocycles. The van der Waals surface area contributed by atoms with Crippen molar-refractivity contribution >= 4 is 17.8 Å². The van der Waals surface area contributed by atoms with Crippen LogP contribution in [0.1, 0.15) is 17.0 Å². The van der Waals surface area contributed by atoms with Gasteiger partial charge in [0.2, 0.25) is 17.6 Å². The van der Waals surface area contributed by atoms with E-state index in [-0.39, 0.29) is 17.6 Å². The summed E-state index contributed by atoms with van der Waals surface area (Å²) in [7, 11) is 1.26. The van der Waals surface area contributed by atoms with Gasteiger partial charge in [-0.2, -0.15) is 0 Å². The Balaban J connectivity index is 2.19. The van der Waals surface area contributed by atoms with Crippen molar-refractivity contribution in [2.75, 3.05) is 18.6 Å². The molecule has 1 fully saturated rings. The van der Waals surface area contributed by atoms with Gasteiger partial charge in [0.25, 0.3) is 0 Å². The van der Waals surface area contributed by atoms with Crippen molar-refractivity contribution in [2.45, 2.75) is 6.42 Å². The number of hydrogen-bond acceptors (Lipinski definition) is 4. The number of furan rings is 1. The van der Waals surface area contributed by atoms with Gasteiger partial charge in [0.05, 0.1) is 7.11 Å². The van der Waals surface area contributed by atoms with E-state index in [9.17, 15) is 9.59 Å². The molecule has 17 heavy (non-hydrogen) atoms. The Morgan fingerprint density at radius 3 is 3.00 bits per heavy atom. The van der Waals surface area contributed by atoms with Crippen molar-refractivity contribution in [1.82, 2.24) is 0 Å². The molecular formula is C12H11NO4. The lowest BCUT2D eigenvalue weighted by atomic mass is 10.1. The first-order valence-electron chi connectivity index (χ1n) is 5.10. The number of carbonyl (C=O) groups is 2. The van der Waals surface area contributed by atoms with Gasteiger partial charge < -0.3 is 9.15 Å². The third-order valence-corrected chi connectivity index (χ3v) is 2.61. The summed E-state index contributed by atoms with van der Waals surface area (Å²) in [6, 6.07) is 3.03. The van der Waals surface area contributed by atoms with Gasteiger partial charge in [-0.1, -0.05) is 0 Å². The van der Waals surface area contributed by atoms with E-state index in [1.165, 1.54) is 18.1 Å². The number of nitrogens with zero attached hydrogens (tertiary/aromatic N) is 1. The molecule has 2 rings (SSSR count). The molecule has 5 heteroatoms. The molecule has 0 N–H and O–H groups in total. The zero-order valence-electron chi connectivity index (χ0n) is 9.30. The van der Waals surface area contributed by atoms with Crippen LogP contribution in [0.15, 0.2) is 16.5 Å². The lowest BCUT2D eigenvalue weighted by molar-refractivity contribution is -0.117. The van der Waals surface area contributed by atoms with Crippen LogP contribution in [0.2, 0.25) is 0 Å². The van der Waals surface area contributed by atoms with Crippen molar-refractivity contribution in [3.63, 3.8) is 0 Å². The van der Waals surface area contributed by atoms with Crippen LogP contribution in [0.25, 0.3) is 0 Å². The molecule has 0 spiro atoms. The summed E-state index contributed by atoms with van der Waals surface area (Å²) in [6.07, 6.45) is 5.59. The van der Waals surface area contributed by atoms with Gasteiger partial charge in [0, 0.05) is 24.9 Å². The summed E-state index contributed by atoms with van der Waals surface area (Å²) in [5.41, 5.74) is 0. The Kier molecular flexibility index (Phi) is 2.88. The third-order valence-electron chi connectivity index (χ3n) is 2.61. The molecule has 88 valence electrons. The zero-order chi connectivity index (χ0) is 12.4. The highest BCUT2D eigenvalue weighted by molar-refractivity contribution is 5.95. The smallest absolute Gasteiger partial charge is 0.374 e. The van der Waals surface area contributed by atoms with E-state index < -0.39 is 5.97 Å². The second-order valence-corrected chi connectivity index (χ2v) is 3.70. The number of hydrogen-bond donors (Lipinski definition) is 0. The van der Waals surface area contributed by atoms with Gasteiger partial charge in [-0.05, 0) is 6.07 Å². The SMILES string of the molecule is C#CC1CC(=O)N(c2ccc(C(=O)OC)o2)C1. The Morgan fingerprint density at radius 2 is 2.41 bits per heavy atom. The third kappa shape index (κ3) is 2.02. The molecule has 0 aromatic carbocycles. The number of esters is 1. The monoisotopic (exact) mass is 233 g/mol. The fourth-order valence-electron chi connectivity index (χ4n) is 1.72. The van der Waals surface area contributed by atoms with Crippen molar-refractivity contribution in [2.24, 2.45) is 5.92 Å². The second-order valence-electron chi connectivity index (χ2n) is 3.70. The summed E-state index contributed by atoms with van der Waals surface area (Å²) in [6.45, 7) is 0.420. The van der Waals surface area contributed by atoms with Crippen molar-refractivity contribution in [1.29, 1.82) is 0 Å². The van der Waals surface area contributed by atoms with E-state index in [0.29, 0.717) is 18.8 Å². The van der Waals surface area contributed by atoms with Gasteiger partial charge in [-0.15, -0.1) is 12.3 Å². The van der Waals surface area contributed by atoms with Crippen LogP contribution in [0.4, 0.5) is 5.88 Å². The topological polar surface area (TPSA) is 59.8 Å². The van der Waals surface area contributed by atoms with E-state index in [4.69, 9.17) is 10.8 Å². The molecule has 1 aromatic rings. The van der Waals surface area contributed by atoms with E-state index >= 15 is 0 Å². The Labute approximate surface area is 98.3 Å². The first-order chi connectivity index (χ1) is 8.15. The normalized spacial score (nSPS) is 19.2. The molecule has 1 aliphatic rings. The molecule has 0 aliphatic carbocycles. The standard InChI is InChI=1S/C12H11NO4/c1-3-8-6-10(14)13(7-8)11-5-4-9(17-11)12(15)16-2/h1,4-5,8H,6-7H2,2H3. The Morgan fingerprint density at radius 1 is 1.65 bits per heavy atom. The lowest BCUT2D eigenvalue weighted by Gasteiger charge is -2.11. The molecule has 1 aromatic heterocycles. The van der Waals surface area contributed by atoms with E-state index in [0.717, 1.165) is 0 Å². The number of terminal acetylenes is 1. The number of rotatable bonds is 2. The highest BCUT2D eigenvalue weighted by Gasteiger charge is 2.31. The average Bonchev–Trinajstić information content (AvgIpc) is 2.94. The summed E-state index contributed by atoms with van der Waals surface area (Å²) >= 11 is 0. The Hall–Kier alpha value is -2.22. The van der Waals surface area contributed by atoms with Crippen LogP contribution in [0.3, 0.4) is 0 Å². The number of carbonyl (C=O) groups excluding carboxylic acids is 2. The highest BCUT2D eigenvalue weighted by Crippen LogP contribution is 2.26. The fraction of sp³-hybridized carbons (Fsp3) is 0.333. The summed E-state index contributed by atoms with van der Waals surface area (Å²) in [4.78, 5) is 24.3. The number of methoxy groups -OCH3 is 1. The molecule has 1 aliphatic heterocycles. The lowest BCUT2D eigenvalue weighted by Crippen LogP contribution is -2.23. The van der Waals surface area contributed by atoms with Crippen LogP contribution >= 0.6 is 0 Å². The largest absolute Gasteiger partial charge is 0.463 e. The van der Waals surface area contributed by atoms with E-state index in [2.05, 4.69) is 10.7 Å². The summed E-state index contributed by atoms with van der Waals surface area (Å²) in [5.74, 6) is 2.16. The predicted molar refractivity (Wildman–Crippen MR) is 59.3 cm³/mol. The molecular weight excluding hydrogens is 222 g/mol. The van der Waals surface area contributed by atoms with Gasteiger partial charge in [0.1, 0.15) is 0 Å². The minimum atomic E-state index is -0.573. The fourth-order valence-corrected chi connectivity index (χ4v) is 1.72. The number of amides is 1. The van der Waals surface area contributed by atoms with E-state index in [1.807, 2.05) is 0 Å². The molecule has 1 amide bonds. The molecule has 5 nitrogen and oxygen atoms in total. The van der Waals surface area contributed by atoms with Crippen LogP contribution in [-0.4, -0.2) is 25.5 Å². The minimum Gasteiger partial charge on any atom is -0.463 e. The first-order valence-corrected chi connectivity index (χ1v) is 5.10. The zero-order valence-corrected chi connectivity index (χ0v) is 9.30. The van der Waals surface area contributed by atoms with Crippen LogP contribution < -0.4 is 4.90 Å². The maximum absolute atomic E-state index is 11.6. The number of anilines is 1. The number of ether oxygens (including phenoxy) is 1. The molecule has 0 radical (unpaired) electrons. The van der Waals surface area contributed by atoms with E-state index in [1.54, 1.807) is 6.07 Å². The average molecular weight is 233 g/mol. The Bertz CT molecular complexity index is 497. The van der Waals surface area contributed by atoms with Gasteiger partial charge in [-0.3, -0.25) is 9.69 Å². The first kappa shape index (κ1) is 11.3. The molecule has 1 atom stereocenters. The molecule has 0 saturated carbocycles. The molecule has 1 unspecified atom stereocenters. The summed E-state index contributed by atoms with van der Waals surface area (Å²) < 4.78 is 9.76. The summed E-state index contributed by atoms with van der Waals surface area (Å²) in [5, 5.41) is 0. The van der Waals surface area contributed by atoms with Crippen molar-refractivity contribution in [3.05, 3.63) is 17.9 Å². The quantitative estimate of drug-likeness (QED) is 0.566. The van der Waals surface area contributed by atoms with Gasteiger partial charge in [0.15, 0.2) is 0 Å². The minimum absolute atomic E-state index is 0.0689. The van der Waals surface area contributed by atoms with Crippen LogP contribution in [-0.2, 0) is 9.53 Å². The van der Waals surface area contributed by atoms with Crippen LogP contribution in [0, 0.1) is 18.3 Å². The maximum atomic E-state index is 11.6. The van der Waals surface area contributed by atoms with Crippen molar-refractivity contribution in [3.8, 4) is 12.3 Å². The molecule has 0 bridgehead atoms.